The van der Waals surface area contributed by atoms with E-state index < -0.39 is 5.41 Å². The van der Waals surface area contributed by atoms with E-state index in [1.165, 1.54) is 0 Å². The Labute approximate surface area is 173 Å². The van der Waals surface area contributed by atoms with Gasteiger partial charge in [-0.15, -0.1) is 0 Å². The number of ether oxygens (including phenoxy) is 1. The van der Waals surface area contributed by atoms with Crippen LogP contribution in [0.15, 0.2) is 12.3 Å². The van der Waals surface area contributed by atoms with Gasteiger partial charge in [0.1, 0.15) is 5.56 Å². The van der Waals surface area contributed by atoms with Crippen molar-refractivity contribution in [1.29, 1.82) is 0 Å². The third kappa shape index (κ3) is 3.75. The molecule has 0 bridgehead atoms. The third-order valence-electron chi connectivity index (χ3n) is 6.08. The SMILES string of the molecule is CCCCOc1c(C(=O)c2cc(C)c3c(c2C)C(=O)C(C)(C)CC3)cnn1CC. The van der Waals surface area contributed by atoms with E-state index in [4.69, 9.17) is 4.74 Å². The fourth-order valence-electron chi connectivity index (χ4n) is 4.09. The maximum atomic E-state index is 13.5. The average Bonchev–Trinajstić information content (AvgIpc) is 3.09. The molecule has 29 heavy (non-hydrogen) atoms. The lowest BCUT2D eigenvalue weighted by molar-refractivity contribution is 0.0810. The zero-order valence-electron chi connectivity index (χ0n) is 18.5. The molecule has 0 saturated carbocycles. The van der Waals surface area contributed by atoms with Crippen molar-refractivity contribution >= 4 is 11.6 Å². The number of ketones is 2. The zero-order valence-corrected chi connectivity index (χ0v) is 18.5. The second-order valence-electron chi connectivity index (χ2n) is 8.64. The van der Waals surface area contributed by atoms with E-state index in [0.29, 0.717) is 30.2 Å². The van der Waals surface area contributed by atoms with Crippen molar-refractivity contribution in [3.8, 4) is 5.88 Å². The van der Waals surface area contributed by atoms with E-state index in [0.717, 1.165) is 47.9 Å². The van der Waals surface area contributed by atoms with Gasteiger partial charge in [0.2, 0.25) is 5.88 Å². The summed E-state index contributed by atoms with van der Waals surface area (Å²) < 4.78 is 7.65. The topological polar surface area (TPSA) is 61.2 Å². The molecule has 0 amide bonds. The monoisotopic (exact) mass is 396 g/mol. The lowest BCUT2D eigenvalue weighted by atomic mass is 9.70. The predicted octanol–water partition coefficient (Wildman–Crippen LogP) is 5.08. The molecule has 0 spiro atoms. The van der Waals surface area contributed by atoms with Crippen LogP contribution in [0, 0.1) is 19.3 Å². The molecule has 0 fully saturated rings. The fourth-order valence-corrected chi connectivity index (χ4v) is 4.09. The summed E-state index contributed by atoms with van der Waals surface area (Å²) in [7, 11) is 0. The first-order valence-corrected chi connectivity index (χ1v) is 10.6. The Morgan fingerprint density at radius 1 is 1.24 bits per heavy atom. The summed E-state index contributed by atoms with van der Waals surface area (Å²) in [4.78, 5) is 26.7. The predicted molar refractivity (Wildman–Crippen MR) is 114 cm³/mol. The van der Waals surface area contributed by atoms with Crippen molar-refractivity contribution in [3.05, 3.63) is 45.6 Å². The first-order valence-electron chi connectivity index (χ1n) is 10.6. The van der Waals surface area contributed by atoms with E-state index in [-0.39, 0.29) is 11.6 Å². The first kappa shape index (κ1) is 21.3. The van der Waals surface area contributed by atoms with Crippen molar-refractivity contribution in [2.75, 3.05) is 6.61 Å². The summed E-state index contributed by atoms with van der Waals surface area (Å²) in [5.41, 5.74) is 4.25. The average molecular weight is 397 g/mol. The number of hydrogen-bond donors (Lipinski definition) is 0. The Kier molecular flexibility index (Phi) is 5.97. The summed E-state index contributed by atoms with van der Waals surface area (Å²) in [6, 6.07) is 1.93. The smallest absolute Gasteiger partial charge is 0.223 e. The number of rotatable bonds is 7. The van der Waals surface area contributed by atoms with Gasteiger partial charge in [0.05, 0.1) is 12.8 Å². The highest BCUT2D eigenvalue weighted by Gasteiger charge is 2.37. The largest absolute Gasteiger partial charge is 0.477 e. The molecule has 5 nitrogen and oxygen atoms in total. The maximum absolute atomic E-state index is 13.5. The van der Waals surface area contributed by atoms with Crippen molar-refractivity contribution in [2.24, 2.45) is 5.41 Å². The van der Waals surface area contributed by atoms with Crippen LogP contribution in [0.3, 0.4) is 0 Å². The van der Waals surface area contributed by atoms with Crippen LogP contribution < -0.4 is 4.74 Å². The van der Waals surface area contributed by atoms with E-state index in [1.807, 2.05) is 40.7 Å². The highest BCUT2D eigenvalue weighted by molar-refractivity contribution is 6.14. The van der Waals surface area contributed by atoms with Gasteiger partial charge in [-0.1, -0.05) is 27.2 Å². The Morgan fingerprint density at radius 2 is 1.97 bits per heavy atom. The molecule has 1 aromatic carbocycles. The van der Waals surface area contributed by atoms with Gasteiger partial charge in [-0.2, -0.15) is 5.10 Å². The van der Waals surface area contributed by atoms with Crippen LogP contribution in [-0.2, 0) is 13.0 Å². The second kappa shape index (κ2) is 8.13. The highest BCUT2D eigenvalue weighted by Crippen LogP contribution is 2.39. The molecule has 1 aliphatic carbocycles. The summed E-state index contributed by atoms with van der Waals surface area (Å²) in [6.07, 6.45) is 5.24. The normalized spacial score (nSPS) is 15.3. The summed E-state index contributed by atoms with van der Waals surface area (Å²) >= 11 is 0. The molecule has 156 valence electrons. The number of carbonyl (C=O) groups is 2. The Morgan fingerprint density at radius 3 is 2.62 bits per heavy atom. The minimum absolute atomic E-state index is 0.129. The van der Waals surface area contributed by atoms with Crippen LogP contribution in [0.4, 0.5) is 0 Å². The van der Waals surface area contributed by atoms with Gasteiger partial charge in [0.25, 0.3) is 0 Å². The Bertz CT molecular complexity index is 954. The standard InChI is InChI=1S/C24H32N2O3/c1-7-9-12-29-23-19(14-25-26(23)8-2)21(27)18-13-15(3)17-10-11-24(5,6)22(28)20(17)16(18)4/h13-14H,7-12H2,1-6H3. The number of fused-ring (bicyclic) bond motifs is 1. The highest BCUT2D eigenvalue weighted by atomic mass is 16.5. The summed E-state index contributed by atoms with van der Waals surface area (Å²) in [6.45, 7) is 13.1. The zero-order chi connectivity index (χ0) is 21.3. The van der Waals surface area contributed by atoms with E-state index in [1.54, 1.807) is 10.9 Å². The number of unbranched alkanes of at least 4 members (excludes halogenated alkanes) is 1. The van der Waals surface area contributed by atoms with Crippen molar-refractivity contribution in [2.45, 2.75) is 73.8 Å². The minimum Gasteiger partial charge on any atom is -0.477 e. The van der Waals surface area contributed by atoms with Gasteiger partial charge in [-0.3, -0.25) is 9.59 Å². The number of hydrogen-bond acceptors (Lipinski definition) is 4. The maximum Gasteiger partial charge on any atom is 0.223 e. The molecule has 0 atom stereocenters. The molecular weight excluding hydrogens is 364 g/mol. The van der Waals surface area contributed by atoms with Crippen LogP contribution in [0.2, 0.25) is 0 Å². The fraction of sp³-hybridized carbons (Fsp3) is 0.542. The number of aryl methyl sites for hydroxylation is 2. The molecule has 0 aliphatic heterocycles. The molecule has 2 aromatic rings. The van der Waals surface area contributed by atoms with Gasteiger partial charge in [0.15, 0.2) is 11.6 Å². The quantitative estimate of drug-likeness (QED) is 0.483. The number of nitrogens with zero attached hydrogens (tertiary/aromatic N) is 2. The molecular formula is C24H32N2O3. The number of aromatic nitrogens is 2. The number of benzene rings is 1. The minimum atomic E-state index is -0.395. The molecule has 3 rings (SSSR count). The second-order valence-corrected chi connectivity index (χ2v) is 8.64. The van der Waals surface area contributed by atoms with Crippen molar-refractivity contribution in [1.82, 2.24) is 9.78 Å². The summed E-state index contributed by atoms with van der Waals surface area (Å²) in [5, 5.41) is 4.34. The van der Waals surface area contributed by atoms with Crippen molar-refractivity contribution < 1.29 is 14.3 Å². The van der Waals surface area contributed by atoms with Gasteiger partial charge in [-0.25, -0.2) is 4.68 Å². The van der Waals surface area contributed by atoms with E-state index in [9.17, 15) is 9.59 Å². The van der Waals surface area contributed by atoms with Gasteiger partial charge in [0, 0.05) is 23.1 Å². The molecule has 1 heterocycles. The van der Waals surface area contributed by atoms with Gasteiger partial charge < -0.3 is 4.74 Å². The Balaban J connectivity index is 2.08. The van der Waals surface area contributed by atoms with Crippen LogP contribution in [0.25, 0.3) is 0 Å². The number of Topliss-reactive ketones (excluding diaryl/α,β-unsaturated/α-hetero) is 1. The number of carbonyl (C=O) groups excluding carboxylic acids is 2. The lowest BCUT2D eigenvalue weighted by Crippen LogP contribution is -2.32. The van der Waals surface area contributed by atoms with Crippen LogP contribution in [0.5, 0.6) is 5.88 Å². The van der Waals surface area contributed by atoms with E-state index in [2.05, 4.69) is 12.0 Å². The Hall–Kier alpha value is -2.43. The van der Waals surface area contributed by atoms with E-state index >= 15 is 0 Å². The molecule has 0 N–H and O–H groups in total. The third-order valence-corrected chi connectivity index (χ3v) is 6.08. The molecule has 0 saturated heterocycles. The van der Waals surface area contributed by atoms with Gasteiger partial charge in [-0.05, 0) is 62.8 Å². The molecule has 0 unspecified atom stereocenters. The first-order chi connectivity index (χ1) is 13.7. The van der Waals surface area contributed by atoms with Crippen LogP contribution in [-0.4, -0.2) is 28.0 Å². The lowest BCUT2D eigenvalue weighted by Gasteiger charge is -2.32. The molecule has 5 heteroatoms. The van der Waals surface area contributed by atoms with Crippen molar-refractivity contribution in [3.63, 3.8) is 0 Å². The summed E-state index contributed by atoms with van der Waals surface area (Å²) in [5.74, 6) is 0.529. The van der Waals surface area contributed by atoms with Crippen LogP contribution >= 0.6 is 0 Å². The van der Waals surface area contributed by atoms with Gasteiger partial charge >= 0.3 is 0 Å². The van der Waals surface area contributed by atoms with Crippen LogP contribution in [0.1, 0.15) is 89.9 Å². The molecule has 1 aliphatic rings. The molecule has 0 radical (unpaired) electrons. The molecule has 1 aromatic heterocycles.